The number of aliphatic carboxylic acids is 1. The van der Waals surface area contributed by atoms with Crippen LogP contribution in [-0.4, -0.2) is 35.5 Å². The summed E-state index contributed by atoms with van der Waals surface area (Å²) in [5.74, 6) is -0.0738. The lowest BCUT2D eigenvalue weighted by atomic mass is 9.79. The van der Waals surface area contributed by atoms with E-state index in [9.17, 15) is 9.59 Å². The van der Waals surface area contributed by atoms with E-state index in [-0.39, 0.29) is 5.92 Å². The molecule has 1 unspecified atom stereocenters. The van der Waals surface area contributed by atoms with E-state index in [1.54, 1.807) is 7.05 Å². The summed E-state index contributed by atoms with van der Waals surface area (Å²) >= 11 is 0. The van der Waals surface area contributed by atoms with Gasteiger partial charge < -0.3 is 10.0 Å². The Balaban J connectivity index is 2.64. The maximum absolute atomic E-state index is 11.1. The zero-order chi connectivity index (χ0) is 11.4. The molecular weight excluding hydrogens is 194 g/mol. The van der Waals surface area contributed by atoms with E-state index < -0.39 is 12.0 Å². The number of nitrogens with zero attached hydrogens (tertiary/aromatic N) is 1. The lowest BCUT2D eigenvalue weighted by molar-refractivity contribution is -0.148. The highest BCUT2D eigenvalue weighted by atomic mass is 16.4. The minimum absolute atomic E-state index is 0.119. The standard InChI is InChI=1S/C11H19NO3/c1-8-3-5-9(6-4-8)10(11(14)15)12(2)7-13/h7-10H,3-6H2,1-2H3,(H,14,15). The Labute approximate surface area is 90.3 Å². The van der Waals surface area contributed by atoms with E-state index in [0.29, 0.717) is 12.3 Å². The predicted molar refractivity (Wildman–Crippen MR) is 56.4 cm³/mol. The lowest BCUT2D eigenvalue weighted by Crippen LogP contribution is -2.44. The van der Waals surface area contributed by atoms with Crippen LogP contribution in [0.15, 0.2) is 0 Å². The molecule has 0 aromatic carbocycles. The molecule has 1 N–H and O–H groups in total. The second kappa shape index (κ2) is 5.14. The van der Waals surface area contributed by atoms with Crippen LogP contribution in [0.2, 0.25) is 0 Å². The topological polar surface area (TPSA) is 57.6 Å². The quantitative estimate of drug-likeness (QED) is 0.717. The highest BCUT2D eigenvalue weighted by molar-refractivity contribution is 5.76. The van der Waals surface area contributed by atoms with Gasteiger partial charge in [0.25, 0.3) is 0 Å². The number of carboxylic acid groups (broad SMARTS) is 1. The molecule has 0 spiro atoms. The zero-order valence-electron chi connectivity index (χ0n) is 9.35. The van der Waals surface area contributed by atoms with Crippen LogP contribution in [0, 0.1) is 11.8 Å². The average Bonchev–Trinajstić information content (AvgIpc) is 2.20. The molecule has 1 saturated carbocycles. The Kier molecular flexibility index (Phi) is 4.12. The number of carbonyl (C=O) groups excluding carboxylic acids is 1. The van der Waals surface area contributed by atoms with Crippen molar-refractivity contribution in [2.75, 3.05) is 7.05 Å². The molecule has 1 fully saturated rings. The van der Waals surface area contributed by atoms with Crippen LogP contribution in [0.5, 0.6) is 0 Å². The van der Waals surface area contributed by atoms with Crippen molar-refractivity contribution in [1.82, 2.24) is 4.90 Å². The Morgan fingerprint density at radius 3 is 2.33 bits per heavy atom. The van der Waals surface area contributed by atoms with Gasteiger partial charge in [-0.05, 0) is 24.7 Å². The maximum Gasteiger partial charge on any atom is 0.326 e. The summed E-state index contributed by atoms with van der Waals surface area (Å²) in [6.45, 7) is 2.19. The van der Waals surface area contributed by atoms with E-state index >= 15 is 0 Å². The summed E-state index contributed by atoms with van der Waals surface area (Å²) in [4.78, 5) is 23.0. The van der Waals surface area contributed by atoms with Crippen LogP contribution in [0.1, 0.15) is 32.6 Å². The number of carbonyl (C=O) groups is 2. The molecule has 0 saturated heterocycles. The van der Waals surface area contributed by atoms with E-state index in [1.165, 1.54) is 4.90 Å². The number of hydrogen-bond donors (Lipinski definition) is 1. The van der Waals surface area contributed by atoms with Gasteiger partial charge >= 0.3 is 5.97 Å². The smallest absolute Gasteiger partial charge is 0.326 e. The molecule has 1 amide bonds. The van der Waals surface area contributed by atoms with Gasteiger partial charge in [-0.15, -0.1) is 0 Å². The molecule has 86 valence electrons. The third-order valence-corrected chi connectivity index (χ3v) is 3.37. The maximum atomic E-state index is 11.1. The van der Waals surface area contributed by atoms with Gasteiger partial charge in [-0.2, -0.15) is 0 Å². The fraction of sp³-hybridized carbons (Fsp3) is 0.818. The van der Waals surface area contributed by atoms with Gasteiger partial charge in [0.15, 0.2) is 0 Å². The predicted octanol–water partition coefficient (Wildman–Crippen LogP) is 1.35. The molecule has 0 heterocycles. The van der Waals surface area contributed by atoms with Crippen LogP contribution in [-0.2, 0) is 9.59 Å². The van der Waals surface area contributed by atoms with Gasteiger partial charge in [-0.1, -0.05) is 19.8 Å². The minimum Gasteiger partial charge on any atom is -0.480 e. The van der Waals surface area contributed by atoms with Gasteiger partial charge in [0, 0.05) is 7.05 Å². The van der Waals surface area contributed by atoms with Crippen LogP contribution in [0.3, 0.4) is 0 Å². The number of amides is 1. The fourth-order valence-electron chi connectivity index (χ4n) is 2.38. The molecular formula is C11H19NO3. The molecule has 4 heteroatoms. The number of hydrogen-bond acceptors (Lipinski definition) is 2. The summed E-state index contributed by atoms with van der Waals surface area (Å²) in [6, 6.07) is -0.644. The third kappa shape index (κ3) is 2.94. The van der Waals surface area contributed by atoms with Crippen LogP contribution >= 0.6 is 0 Å². The monoisotopic (exact) mass is 213 g/mol. The van der Waals surface area contributed by atoms with Gasteiger partial charge in [-0.3, -0.25) is 4.79 Å². The fourth-order valence-corrected chi connectivity index (χ4v) is 2.38. The largest absolute Gasteiger partial charge is 0.480 e. The lowest BCUT2D eigenvalue weighted by Gasteiger charge is -2.33. The summed E-state index contributed by atoms with van der Waals surface area (Å²) in [5.41, 5.74) is 0. The summed E-state index contributed by atoms with van der Waals surface area (Å²) in [5, 5.41) is 9.09. The highest BCUT2D eigenvalue weighted by Crippen LogP contribution is 2.31. The van der Waals surface area contributed by atoms with Gasteiger partial charge in [0.2, 0.25) is 6.41 Å². The van der Waals surface area contributed by atoms with Gasteiger partial charge in [0.05, 0.1) is 0 Å². The summed E-state index contributed by atoms with van der Waals surface area (Å²) in [7, 11) is 1.55. The van der Waals surface area contributed by atoms with Crippen LogP contribution < -0.4 is 0 Å². The molecule has 1 rings (SSSR count). The van der Waals surface area contributed by atoms with Crippen molar-refractivity contribution in [2.45, 2.75) is 38.6 Å². The Bertz CT molecular complexity index is 234. The Morgan fingerprint density at radius 2 is 1.93 bits per heavy atom. The summed E-state index contributed by atoms with van der Waals surface area (Å²) < 4.78 is 0. The molecule has 4 nitrogen and oxygen atoms in total. The second-order valence-electron chi connectivity index (χ2n) is 4.57. The molecule has 15 heavy (non-hydrogen) atoms. The first-order valence-electron chi connectivity index (χ1n) is 5.46. The van der Waals surface area contributed by atoms with Crippen molar-refractivity contribution in [2.24, 2.45) is 11.8 Å². The van der Waals surface area contributed by atoms with Crippen molar-refractivity contribution in [3.8, 4) is 0 Å². The molecule has 0 aromatic heterocycles. The first-order chi connectivity index (χ1) is 7.06. The molecule has 0 aromatic rings. The van der Waals surface area contributed by atoms with Crippen molar-refractivity contribution in [1.29, 1.82) is 0 Å². The van der Waals surface area contributed by atoms with E-state index in [4.69, 9.17) is 5.11 Å². The molecule has 1 aliphatic carbocycles. The average molecular weight is 213 g/mol. The van der Waals surface area contributed by atoms with E-state index in [1.807, 2.05) is 0 Å². The molecule has 0 radical (unpaired) electrons. The first kappa shape index (κ1) is 12.0. The highest BCUT2D eigenvalue weighted by Gasteiger charge is 2.33. The van der Waals surface area contributed by atoms with Crippen LogP contribution in [0.25, 0.3) is 0 Å². The molecule has 1 aliphatic rings. The van der Waals surface area contributed by atoms with Crippen molar-refractivity contribution >= 4 is 12.4 Å². The van der Waals surface area contributed by atoms with Gasteiger partial charge in [-0.25, -0.2) is 4.79 Å². The first-order valence-corrected chi connectivity index (χ1v) is 5.46. The van der Waals surface area contributed by atoms with Crippen molar-refractivity contribution < 1.29 is 14.7 Å². The van der Waals surface area contributed by atoms with Crippen LogP contribution in [0.4, 0.5) is 0 Å². The Morgan fingerprint density at radius 1 is 1.40 bits per heavy atom. The Hall–Kier alpha value is -1.06. The summed E-state index contributed by atoms with van der Waals surface area (Å²) in [6.07, 6.45) is 4.58. The van der Waals surface area contributed by atoms with E-state index in [2.05, 4.69) is 6.92 Å². The molecule has 0 aliphatic heterocycles. The SMILES string of the molecule is CC1CCC(C(C(=O)O)N(C)C=O)CC1. The third-order valence-electron chi connectivity index (χ3n) is 3.37. The van der Waals surface area contributed by atoms with Crippen molar-refractivity contribution in [3.63, 3.8) is 0 Å². The number of carboxylic acids is 1. The number of likely N-dealkylation sites (N-methyl/N-ethyl adjacent to an activating group) is 1. The zero-order valence-corrected chi connectivity index (χ0v) is 9.35. The van der Waals surface area contributed by atoms with Gasteiger partial charge in [0.1, 0.15) is 6.04 Å². The molecule has 1 atom stereocenters. The normalized spacial score (nSPS) is 28.1. The number of rotatable bonds is 4. The molecule has 0 bridgehead atoms. The minimum atomic E-state index is -0.885. The van der Waals surface area contributed by atoms with E-state index in [0.717, 1.165) is 25.7 Å². The second-order valence-corrected chi connectivity index (χ2v) is 4.57. The van der Waals surface area contributed by atoms with Crippen molar-refractivity contribution in [3.05, 3.63) is 0 Å².